The first-order valence-corrected chi connectivity index (χ1v) is 10.3. The SMILES string of the molecule is C=CCNC(=O)/C(=C/c1ccc(-c2ccc(Cl)c(Cl)c2)o1)NC(=O)c1ccc(OC)cc1. The minimum atomic E-state index is -0.487. The molecule has 0 saturated carbocycles. The van der Waals surface area contributed by atoms with Crippen LogP contribution in [0.3, 0.4) is 0 Å². The van der Waals surface area contributed by atoms with E-state index in [1.165, 1.54) is 19.3 Å². The number of nitrogens with one attached hydrogen (secondary N) is 2. The summed E-state index contributed by atoms with van der Waals surface area (Å²) >= 11 is 12.0. The maximum Gasteiger partial charge on any atom is 0.268 e. The molecule has 0 aliphatic carbocycles. The zero-order chi connectivity index (χ0) is 23.1. The number of hydrogen-bond acceptors (Lipinski definition) is 4. The largest absolute Gasteiger partial charge is 0.497 e. The fourth-order valence-electron chi connectivity index (χ4n) is 2.73. The third-order valence-electron chi connectivity index (χ3n) is 4.37. The lowest BCUT2D eigenvalue weighted by molar-refractivity contribution is -0.117. The van der Waals surface area contributed by atoms with Gasteiger partial charge in [-0.05, 0) is 54.6 Å². The molecule has 164 valence electrons. The van der Waals surface area contributed by atoms with Gasteiger partial charge in [-0.3, -0.25) is 9.59 Å². The number of carbonyl (C=O) groups excluding carboxylic acids is 2. The third-order valence-corrected chi connectivity index (χ3v) is 5.11. The summed E-state index contributed by atoms with van der Waals surface area (Å²) in [5.74, 6) is 0.571. The second-order valence-corrected chi connectivity index (χ2v) is 7.38. The van der Waals surface area contributed by atoms with Crippen LogP contribution in [-0.2, 0) is 4.79 Å². The van der Waals surface area contributed by atoms with Crippen LogP contribution in [0.2, 0.25) is 10.0 Å². The second-order valence-electron chi connectivity index (χ2n) is 6.57. The number of ether oxygens (including phenoxy) is 1. The first-order valence-electron chi connectivity index (χ1n) is 9.52. The molecule has 0 radical (unpaired) electrons. The minimum absolute atomic E-state index is 0.0164. The van der Waals surface area contributed by atoms with Gasteiger partial charge in [-0.15, -0.1) is 6.58 Å². The van der Waals surface area contributed by atoms with Crippen molar-refractivity contribution in [3.05, 3.63) is 94.3 Å². The van der Waals surface area contributed by atoms with E-state index in [4.69, 9.17) is 32.4 Å². The molecule has 0 spiro atoms. The highest BCUT2D eigenvalue weighted by atomic mass is 35.5. The lowest BCUT2D eigenvalue weighted by Gasteiger charge is -2.10. The van der Waals surface area contributed by atoms with Crippen molar-refractivity contribution in [1.82, 2.24) is 10.6 Å². The van der Waals surface area contributed by atoms with Crippen LogP contribution in [0.1, 0.15) is 16.1 Å². The molecule has 8 heteroatoms. The molecular formula is C24H20Cl2N2O4. The van der Waals surface area contributed by atoms with E-state index in [9.17, 15) is 9.59 Å². The van der Waals surface area contributed by atoms with Gasteiger partial charge in [-0.25, -0.2) is 0 Å². The Morgan fingerprint density at radius 2 is 1.81 bits per heavy atom. The lowest BCUT2D eigenvalue weighted by Crippen LogP contribution is -2.34. The van der Waals surface area contributed by atoms with Gasteiger partial charge < -0.3 is 19.8 Å². The quantitative estimate of drug-likeness (QED) is 0.344. The molecule has 0 unspecified atom stereocenters. The van der Waals surface area contributed by atoms with Crippen LogP contribution >= 0.6 is 23.2 Å². The Hall–Kier alpha value is -3.48. The van der Waals surface area contributed by atoms with Crippen LogP contribution in [0.25, 0.3) is 17.4 Å². The molecule has 0 atom stereocenters. The maximum absolute atomic E-state index is 12.7. The summed E-state index contributed by atoms with van der Waals surface area (Å²) in [5, 5.41) is 6.11. The number of methoxy groups -OCH3 is 1. The van der Waals surface area contributed by atoms with Crippen molar-refractivity contribution in [1.29, 1.82) is 0 Å². The van der Waals surface area contributed by atoms with Crippen LogP contribution in [-0.4, -0.2) is 25.5 Å². The summed E-state index contributed by atoms with van der Waals surface area (Å²) in [7, 11) is 1.54. The summed E-state index contributed by atoms with van der Waals surface area (Å²) in [6.07, 6.45) is 2.98. The Morgan fingerprint density at radius 1 is 1.06 bits per heavy atom. The molecule has 1 heterocycles. The number of halogens is 2. The number of hydrogen-bond donors (Lipinski definition) is 2. The normalized spacial score (nSPS) is 11.0. The Morgan fingerprint density at radius 3 is 2.47 bits per heavy atom. The van der Waals surface area contributed by atoms with E-state index in [1.807, 2.05) is 0 Å². The molecule has 0 aliphatic heterocycles. The summed E-state index contributed by atoms with van der Waals surface area (Å²) in [6, 6.07) is 15.0. The Labute approximate surface area is 195 Å². The van der Waals surface area contributed by atoms with Gasteiger partial charge in [0.05, 0.1) is 17.2 Å². The van der Waals surface area contributed by atoms with Gasteiger partial charge in [0.15, 0.2) is 0 Å². The predicted octanol–water partition coefficient (Wildman–Crippen LogP) is 5.34. The number of rotatable bonds is 8. The Bertz CT molecular complexity index is 1170. The fourth-order valence-corrected chi connectivity index (χ4v) is 3.03. The van der Waals surface area contributed by atoms with E-state index in [1.54, 1.807) is 54.6 Å². The number of carbonyl (C=O) groups is 2. The van der Waals surface area contributed by atoms with Gasteiger partial charge in [0.1, 0.15) is 23.0 Å². The topological polar surface area (TPSA) is 80.6 Å². The van der Waals surface area contributed by atoms with E-state index in [2.05, 4.69) is 17.2 Å². The highest BCUT2D eigenvalue weighted by Gasteiger charge is 2.16. The molecular weight excluding hydrogens is 451 g/mol. The van der Waals surface area contributed by atoms with Crippen LogP contribution < -0.4 is 15.4 Å². The predicted molar refractivity (Wildman–Crippen MR) is 126 cm³/mol. The molecule has 6 nitrogen and oxygen atoms in total. The summed E-state index contributed by atoms with van der Waals surface area (Å²) in [4.78, 5) is 25.3. The van der Waals surface area contributed by atoms with Crippen LogP contribution in [0.15, 0.2) is 77.4 Å². The van der Waals surface area contributed by atoms with E-state index in [0.29, 0.717) is 32.9 Å². The number of benzene rings is 2. The molecule has 3 rings (SSSR count). The van der Waals surface area contributed by atoms with Gasteiger partial charge in [-0.2, -0.15) is 0 Å². The van der Waals surface area contributed by atoms with Crippen molar-refractivity contribution in [3.8, 4) is 17.1 Å². The van der Waals surface area contributed by atoms with Crippen molar-refractivity contribution < 1.29 is 18.7 Å². The monoisotopic (exact) mass is 470 g/mol. The van der Waals surface area contributed by atoms with Crippen molar-refractivity contribution in [2.45, 2.75) is 0 Å². The summed E-state index contributed by atoms with van der Waals surface area (Å²) in [6.45, 7) is 3.82. The van der Waals surface area contributed by atoms with Gasteiger partial charge in [0.2, 0.25) is 0 Å². The highest BCUT2D eigenvalue weighted by Crippen LogP contribution is 2.30. The van der Waals surface area contributed by atoms with E-state index >= 15 is 0 Å². The number of amides is 2. The first kappa shape index (κ1) is 23.2. The second kappa shape index (κ2) is 10.7. The van der Waals surface area contributed by atoms with E-state index in [0.717, 1.165) is 5.56 Å². The third kappa shape index (κ3) is 5.81. The first-order chi connectivity index (χ1) is 15.4. The molecule has 0 saturated heterocycles. The fraction of sp³-hybridized carbons (Fsp3) is 0.0833. The van der Waals surface area contributed by atoms with Gasteiger partial charge in [0, 0.05) is 23.7 Å². The highest BCUT2D eigenvalue weighted by molar-refractivity contribution is 6.42. The zero-order valence-corrected chi connectivity index (χ0v) is 18.7. The molecule has 2 aromatic carbocycles. The van der Waals surface area contributed by atoms with E-state index in [-0.39, 0.29) is 12.2 Å². The maximum atomic E-state index is 12.7. The molecule has 0 fully saturated rings. The molecule has 0 bridgehead atoms. The number of furan rings is 1. The average molecular weight is 471 g/mol. The zero-order valence-electron chi connectivity index (χ0n) is 17.2. The van der Waals surface area contributed by atoms with Crippen molar-refractivity contribution in [2.24, 2.45) is 0 Å². The Balaban J connectivity index is 1.86. The summed E-state index contributed by atoms with van der Waals surface area (Å²) < 4.78 is 10.9. The molecule has 1 aromatic heterocycles. The van der Waals surface area contributed by atoms with Crippen molar-refractivity contribution in [2.75, 3.05) is 13.7 Å². The molecule has 32 heavy (non-hydrogen) atoms. The molecule has 2 amide bonds. The van der Waals surface area contributed by atoms with Gasteiger partial charge in [0.25, 0.3) is 11.8 Å². The lowest BCUT2D eigenvalue weighted by atomic mass is 10.2. The van der Waals surface area contributed by atoms with Crippen molar-refractivity contribution in [3.63, 3.8) is 0 Å². The Kier molecular flexibility index (Phi) is 7.76. The van der Waals surface area contributed by atoms with Crippen LogP contribution in [0, 0.1) is 0 Å². The smallest absolute Gasteiger partial charge is 0.268 e. The van der Waals surface area contributed by atoms with Crippen LogP contribution in [0.5, 0.6) is 5.75 Å². The van der Waals surface area contributed by atoms with Crippen LogP contribution in [0.4, 0.5) is 0 Å². The minimum Gasteiger partial charge on any atom is -0.497 e. The van der Waals surface area contributed by atoms with Crippen molar-refractivity contribution >= 4 is 41.1 Å². The van der Waals surface area contributed by atoms with E-state index < -0.39 is 11.8 Å². The molecule has 2 N–H and O–H groups in total. The molecule has 3 aromatic rings. The standard InChI is InChI=1S/C24H20Cl2N2O4/c1-3-12-27-24(30)21(28-23(29)15-4-7-17(31-2)8-5-15)14-18-9-11-22(32-18)16-6-10-19(25)20(26)13-16/h3-11,13-14H,1,12H2,2H3,(H,27,30)(H,28,29)/b21-14-. The van der Waals surface area contributed by atoms with Gasteiger partial charge in [-0.1, -0.05) is 29.3 Å². The average Bonchev–Trinajstić information content (AvgIpc) is 3.27. The summed E-state index contributed by atoms with van der Waals surface area (Å²) in [5.41, 5.74) is 1.10. The van der Waals surface area contributed by atoms with Gasteiger partial charge >= 0.3 is 0 Å². The molecule has 0 aliphatic rings.